The van der Waals surface area contributed by atoms with Crippen LogP contribution in [0.15, 0.2) is 28.1 Å². The molecular weight excluding hydrogens is 497 g/mol. The van der Waals surface area contributed by atoms with Gasteiger partial charge in [0.2, 0.25) is 0 Å². The highest BCUT2D eigenvalue weighted by atomic mass is 32.2. The Bertz CT molecular complexity index is 969. The van der Waals surface area contributed by atoms with E-state index in [0.29, 0.717) is 29.7 Å². The van der Waals surface area contributed by atoms with Gasteiger partial charge >= 0.3 is 6.09 Å². The number of hydrogen-bond donors (Lipinski definition) is 1. The number of thioether (sulfide) groups is 1. The normalized spacial score (nSPS) is 19.9. The van der Waals surface area contributed by atoms with Gasteiger partial charge in [-0.05, 0) is 68.7 Å². The van der Waals surface area contributed by atoms with Crippen molar-refractivity contribution in [2.24, 2.45) is 4.99 Å². The zero-order valence-corrected chi connectivity index (χ0v) is 23.4. The Morgan fingerprint density at radius 3 is 2.61 bits per heavy atom. The molecule has 3 heterocycles. The van der Waals surface area contributed by atoms with E-state index in [4.69, 9.17) is 17.0 Å². The highest BCUT2D eigenvalue weighted by Crippen LogP contribution is 2.34. The fourth-order valence-corrected chi connectivity index (χ4v) is 5.78. The van der Waals surface area contributed by atoms with Gasteiger partial charge < -0.3 is 14.5 Å². The highest BCUT2D eigenvalue weighted by Gasteiger charge is 2.28. The number of hydrazine groups is 1. The van der Waals surface area contributed by atoms with Crippen LogP contribution >= 0.6 is 24.0 Å². The number of likely N-dealkylation sites (tertiary alicyclic amines) is 1. The zero-order valence-electron chi connectivity index (χ0n) is 21.8. The number of hydrogen-bond acceptors (Lipinski definition) is 7. The number of amides is 1. The largest absolute Gasteiger partial charge is 0.415 e. The molecule has 36 heavy (non-hydrogen) atoms. The van der Waals surface area contributed by atoms with Gasteiger partial charge in [0.1, 0.15) is 16.6 Å². The Balaban J connectivity index is 0.00000176. The summed E-state index contributed by atoms with van der Waals surface area (Å²) in [5, 5.41) is 2.84. The average molecular weight is 536 g/mol. The molecule has 0 aromatic heterocycles. The van der Waals surface area contributed by atoms with Gasteiger partial charge in [0.15, 0.2) is 5.17 Å². The lowest BCUT2D eigenvalue weighted by Gasteiger charge is -2.37. The minimum atomic E-state index is -0.457. The molecule has 1 amide bonds. The maximum absolute atomic E-state index is 14.1. The maximum atomic E-state index is 14.1. The molecule has 0 radical (unpaired) electrons. The highest BCUT2D eigenvalue weighted by molar-refractivity contribution is 8.19. The van der Waals surface area contributed by atoms with E-state index in [1.807, 2.05) is 24.9 Å². The lowest BCUT2D eigenvalue weighted by atomic mass is 10.0. The number of carbonyl (C=O) groups excluding carboxylic acids is 1. The van der Waals surface area contributed by atoms with Crippen LogP contribution in [-0.2, 0) is 0 Å². The third-order valence-electron chi connectivity index (χ3n) is 6.46. The fraction of sp³-hybridized carbons (Fsp3) is 0.577. The summed E-state index contributed by atoms with van der Waals surface area (Å²) in [6.45, 7) is 13.4. The van der Waals surface area contributed by atoms with Crippen molar-refractivity contribution in [3.05, 3.63) is 34.5 Å². The molecule has 10 heteroatoms. The van der Waals surface area contributed by atoms with E-state index in [9.17, 15) is 9.18 Å². The molecule has 3 aliphatic rings. The Kier molecular flexibility index (Phi) is 11.2. The van der Waals surface area contributed by atoms with Crippen LogP contribution in [0.1, 0.15) is 58.9 Å². The molecule has 198 valence electrons. The van der Waals surface area contributed by atoms with Gasteiger partial charge in [-0.2, -0.15) is 0 Å². The minimum absolute atomic E-state index is 0.191. The second-order valence-electron chi connectivity index (χ2n) is 8.57. The second-order valence-corrected chi connectivity index (χ2v) is 9.96. The SMILES string of the molecule is CC.CCN(CC)C1CCN(C(=O)Oc2cc(F)ccc2/C=C2\SC(N3CCCCN3)=NC2=S)CC1. The molecule has 0 atom stereocenters. The van der Waals surface area contributed by atoms with Gasteiger partial charge in [-0.25, -0.2) is 19.6 Å². The topological polar surface area (TPSA) is 60.4 Å². The summed E-state index contributed by atoms with van der Waals surface area (Å²) in [5.41, 5.74) is 3.93. The zero-order chi connectivity index (χ0) is 26.1. The molecule has 1 aromatic carbocycles. The van der Waals surface area contributed by atoms with Crippen molar-refractivity contribution in [1.29, 1.82) is 0 Å². The molecule has 3 aliphatic heterocycles. The summed E-state index contributed by atoms with van der Waals surface area (Å²) in [6, 6.07) is 4.70. The molecule has 0 spiro atoms. The lowest BCUT2D eigenvalue weighted by Crippen LogP contribution is -2.47. The predicted molar refractivity (Wildman–Crippen MR) is 151 cm³/mol. The number of rotatable bonds is 5. The Labute approximate surface area is 224 Å². The average Bonchev–Trinajstić information content (AvgIpc) is 3.28. The van der Waals surface area contributed by atoms with Gasteiger partial charge in [-0.15, -0.1) is 0 Å². The van der Waals surface area contributed by atoms with Crippen molar-refractivity contribution >= 4 is 46.3 Å². The van der Waals surface area contributed by atoms with E-state index in [-0.39, 0.29) is 5.75 Å². The van der Waals surface area contributed by atoms with Crippen molar-refractivity contribution in [2.45, 2.75) is 59.4 Å². The van der Waals surface area contributed by atoms with Gasteiger partial charge in [0, 0.05) is 43.9 Å². The number of carbonyl (C=O) groups is 1. The van der Waals surface area contributed by atoms with Crippen molar-refractivity contribution < 1.29 is 13.9 Å². The lowest BCUT2D eigenvalue weighted by molar-refractivity contribution is 0.104. The number of nitrogens with zero attached hydrogens (tertiary/aromatic N) is 4. The van der Waals surface area contributed by atoms with E-state index >= 15 is 0 Å². The third-order valence-corrected chi connectivity index (χ3v) is 7.93. The van der Waals surface area contributed by atoms with Gasteiger partial charge in [0.25, 0.3) is 0 Å². The van der Waals surface area contributed by atoms with Crippen LogP contribution in [0.3, 0.4) is 0 Å². The van der Waals surface area contributed by atoms with Crippen LogP contribution in [0.4, 0.5) is 9.18 Å². The molecule has 2 saturated heterocycles. The number of piperidine rings is 1. The first kappa shape index (κ1) is 28.6. The summed E-state index contributed by atoms with van der Waals surface area (Å²) >= 11 is 6.94. The van der Waals surface area contributed by atoms with Crippen molar-refractivity contribution in [3.8, 4) is 5.75 Å². The van der Waals surface area contributed by atoms with Crippen LogP contribution < -0.4 is 10.2 Å². The summed E-state index contributed by atoms with van der Waals surface area (Å²) in [6.07, 6.45) is 5.43. The Hall–Kier alpha value is -2.01. The number of nitrogens with one attached hydrogen (secondary N) is 1. The molecule has 7 nitrogen and oxygen atoms in total. The van der Waals surface area contributed by atoms with Crippen molar-refractivity contribution in [3.63, 3.8) is 0 Å². The van der Waals surface area contributed by atoms with E-state index in [1.54, 1.807) is 11.0 Å². The molecule has 1 aromatic rings. The summed E-state index contributed by atoms with van der Waals surface area (Å²) in [7, 11) is 0. The number of ether oxygens (including phenoxy) is 1. The molecule has 2 fully saturated rings. The summed E-state index contributed by atoms with van der Waals surface area (Å²) in [5.74, 6) is -0.266. The molecule has 4 rings (SSSR count). The van der Waals surface area contributed by atoms with Crippen LogP contribution in [0.25, 0.3) is 6.08 Å². The number of thiocarbonyl (C=S) groups is 1. The first-order valence-electron chi connectivity index (χ1n) is 13.0. The number of aliphatic imine (C=N–C) groups is 1. The minimum Gasteiger partial charge on any atom is -0.409 e. The van der Waals surface area contributed by atoms with Gasteiger partial charge in [-0.1, -0.05) is 39.9 Å². The monoisotopic (exact) mass is 535 g/mol. The third kappa shape index (κ3) is 7.27. The van der Waals surface area contributed by atoms with E-state index in [2.05, 4.69) is 29.2 Å². The Morgan fingerprint density at radius 2 is 1.97 bits per heavy atom. The van der Waals surface area contributed by atoms with E-state index in [0.717, 1.165) is 61.9 Å². The molecule has 0 unspecified atom stereocenters. The summed E-state index contributed by atoms with van der Waals surface area (Å²) < 4.78 is 19.7. The van der Waals surface area contributed by atoms with Crippen LogP contribution in [0.2, 0.25) is 0 Å². The smallest absolute Gasteiger partial charge is 0.409 e. The molecule has 0 saturated carbocycles. The summed E-state index contributed by atoms with van der Waals surface area (Å²) in [4.78, 5) is 22.8. The maximum Gasteiger partial charge on any atom is 0.415 e. The van der Waals surface area contributed by atoms with E-state index in [1.165, 1.54) is 23.9 Å². The molecule has 0 bridgehead atoms. The van der Waals surface area contributed by atoms with Crippen LogP contribution in [-0.4, -0.2) is 76.4 Å². The quantitative estimate of drug-likeness (QED) is 0.393. The second kappa shape index (κ2) is 14.1. The first-order chi connectivity index (χ1) is 17.5. The number of benzene rings is 1. The first-order valence-corrected chi connectivity index (χ1v) is 14.2. The van der Waals surface area contributed by atoms with E-state index < -0.39 is 11.9 Å². The van der Waals surface area contributed by atoms with Gasteiger partial charge in [-0.3, -0.25) is 5.01 Å². The standard InChI is InChI=1S/C24H32FN5O2S2.C2H6/c1-3-28(4-2)19-9-13-29(14-10-19)24(31)32-20-16-18(25)8-7-17(20)15-21-22(33)27-23(34-21)30-12-6-5-11-26-30;1-2/h7-8,15-16,19,26H,3-6,9-14H2,1-2H3;1-2H3/b21-15-;. The predicted octanol–water partition coefficient (Wildman–Crippen LogP) is 5.53. The molecule has 0 aliphatic carbocycles. The van der Waals surface area contributed by atoms with Gasteiger partial charge in [0.05, 0.1) is 4.91 Å². The number of amidine groups is 1. The molecule has 1 N–H and O–H groups in total. The van der Waals surface area contributed by atoms with Crippen molar-refractivity contribution in [2.75, 3.05) is 39.3 Å². The fourth-order valence-electron chi connectivity index (χ4n) is 4.53. The van der Waals surface area contributed by atoms with Crippen LogP contribution in [0.5, 0.6) is 5.75 Å². The molecular formula is C26H38FN5O2S2. The van der Waals surface area contributed by atoms with Crippen molar-refractivity contribution in [1.82, 2.24) is 20.2 Å². The Morgan fingerprint density at radius 1 is 1.25 bits per heavy atom. The number of halogens is 1. The van der Waals surface area contributed by atoms with Crippen LogP contribution in [0, 0.1) is 5.82 Å².